The monoisotopic (exact) mass is 384 g/mol. The summed E-state index contributed by atoms with van der Waals surface area (Å²) in [6.07, 6.45) is 1.70. The van der Waals surface area contributed by atoms with Crippen molar-refractivity contribution in [2.75, 3.05) is 45.8 Å². The molecule has 1 aliphatic rings. The number of hydrogen-bond acceptors (Lipinski definition) is 5. The molecule has 1 fully saturated rings. The molecule has 0 aromatic heterocycles. The van der Waals surface area contributed by atoms with Crippen LogP contribution in [-0.2, 0) is 4.79 Å². The van der Waals surface area contributed by atoms with Crippen LogP contribution >= 0.6 is 0 Å². The maximum Gasteiger partial charge on any atom is 0.227 e. The summed E-state index contributed by atoms with van der Waals surface area (Å²) in [6.45, 7) is 3.28. The highest BCUT2D eigenvalue weighted by Gasteiger charge is 2.25. The molecule has 0 aliphatic carbocycles. The van der Waals surface area contributed by atoms with Crippen LogP contribution < -0.4 is 19.5 Å². The van der Waals surface area contributed by atoms with Crippen molar-refractivity contribution < 1.29 is 19.0 Å². The van der Waals surface area contributed by atoms with E-state index in [0.717, 1.165) is 49.7 Å². The topological polar surface area (TPSA) is 60.0 Å². The number of nitrogens with one attached hydrogen (secondary N) is 1. The number of piperidine rings is 1. The van der Waals surface area contributed by atoms with Gasteiger partial charge in [0.2, 0.25) is 5.91 Å². The van der Waals surface area contributed by atoms with Gasteiger partial charge in [0.15, 0.2) is 0 Å². The van der Waals surface area contributed by atoms with Gasteiger partial charge < -0.3 is 19.5 Å². The van der Waals surface area contributed by atoms with Gasteiger partial charge in [-0.2, -0.15) is 0 Å². The van der Waals surface area contributed by atoms with E-state index in [1.165, 1.54) is 0 Å². The van der Waals surface area contributed by atoms with Crippen LogP contribution in [-0.4, -0.2) is 51.3 Å². The minimum absolute atomic E-state index is 0.0312. The fourth-order valence-corrected chi connectivity index (χ4v) is 3.37. The Labute approximate surface area is 166 Å². The Morgan fingerprint density at radius 1 is 1.00 bits per heavy atom. The molecule has 0 spiro atoms. The van der Waals surface area contributed by atoms with Crippen molar-refractivity contribution in [2.24, 2.45) is 5.92 Å². The normalized spacial score (nSPS) is 15.1. The summed E-state index contributed by atoms with van der Waals surface area (Å²) in [5.41, 5.74) is 0.727. The lowest BCUT2D eigenvalue weighted by Gasteiger charge is -2.31. The first-order valence-corrected chi connectivity index (χ1v) is 9.62. The summed E-state index contributed by atoms with van der Waals surface area (Å²) in [7, 11) is 3.26. The maximum absolute atomic E-state index is 12.6. The van der Waals surface area contributed by atoms with E-state index < -0.39 is 0 Å². The zero-order valence-corrected chi connectivity index (χ0v) is 16.5. The first-order chi connectivity index (χ1) is 13.7. The Bertz CT molecular complexity index is 755. The fraction of sp³-hybridized carbons (Fsp3) is 0.409. The van der Waals surface area contributed by atoms with Crippen molar-refractivity contribution >= 4 is 11.6 Å². The zero-order valence-electron chi connectivity index (χ0n) is 16.5. The smallest absolute Gasteiger partial charge is 0.227 e. The standard InChI is InChI=1S/C22H28N2O4/c1-26-18-7-9-19(10-8-18)28-16-15-24-13-11-17(12-14-24)22(25)23-20-5-3-4-6-21(20)27-2/h3-10,17H,11-16H2,1-2H3,(H,23,25). The van der Waals surface area contributed by atoms with Crippen LogP contribution in [0.25, 0.3) is 0 Å². The summed E-state index contributed by atoms with van der Waals surface area (Å²) in [5, 5.41) is 3.00. The van der Waals surface area contributed by atoms with Crippen molar-refractivity contribution in [3.63, 3.8) is 0 Å². The van der Waals surface area contributed by atoms with E-state index in [9.17, 15) is 4.79 Å². The molecular weight excluding hydrogens is 356 g/mol. The lowest BCUT2D eigenvalue weighted by Crippen LogP contribution is -2.40. The molecule has 1 heterocycles. The molecule has 0 saturated carbocycles. The molecule has 1 aliphatic heterocycles. The molecule has 6 nitrogen and oxygen atoms in total. The summed E-state index contributed by atoms with van der Waals surface area (Å²) < 4.78 is 16.2. The third-order valence-electron chi connectivity index (χ3n) is 5.06. The molecule has 2 aromatic carbocycles. The van der Waals surface area contributed by atoms with Crippen LogP contribution in [0.3, 0.4) is 0 Å². The van der Waals surface area contributed by atoms with Gasteiger partial charge in [0.1, 0.15) is 23.9 Å². The van der Waals surface area contributed by atoms with Crippen molar-refractivity contribution in [1.29, 1.82) is 0 Å². The largest absolute Gasteiger partial charge is 0.497 e. The number of para-hydroxylation sites is 2. The SMILES string of the molecule is COc1ccc(OCCN2CCC(C(=O)Nc3ccccc3OC)CC2)cc1. The second kappa shape index (κ2) is 9.99. The molecule has 0 bridgehead atoms. The van der Waals surface area contributed by atoms with E-state index in [2.05, 4.69) is 10.2 Å². The first-order valence-electron chi connectivity index (χ1n) is 9.62. The average Bonchev–Trinajstić information content (AvgIpc) is 2.75. The molecule has 6 heteroatoms. The van der Waals surface area contributed by atoms with E-state index >= 15 is 0 Å². The van der Waals surface area contributed by atoms with Crippen LogP contribution in [0.5, 0.6) is 17.2 Å². The van der Waals surface area contributed by atoms with Crippen LogP contribution in [0.2, 0.25) is 0 Å². The number of ether oxygens (including phenoxy) is 3. The summed E-state index contributed by atoms with van der Waals surface area (Å²) in [4.78, 5) is 14.9. The number of amides is 1. The number of hydrogen-bond donors (Lipinski definition) is 1. The molecule has 1 saturated heterocycles. The highest BCUT2D eigenvalue weighted by molar-refractivity contribution is 5.94. The molecule has 28 heavy (non-hydrogen) atoms. The number of benzene rings is 2. The van der Waals surface area contributed by atoms with Gasteiger partial charge in [-0.05, 0) is 62.3 Å². The van der Waals surface area contributed by atoms with Crippen molar-refractivity contribution in [2.45, 2.75) is 12.8 Å². The highest BCUT2D eigenvalue weighted by atomic mass is 16.5. The van der Waals surface area contributed by atoms with Gasteiger partial charge >= 0.3 is 0 Å². The number of carbonyl (C=O) groups is 1. The highest BCUT2D eigenvalue weighted by Crippen LogP contribution is 2.25. The van der Waals surface area contributed by atoms with Crippen LogP contribution in [0, 0.1) is 5.92 Å². The number of rotatable bonds is 8. The molecule has 0 unspecified atom stereocenters. The fourth-order valence-electron chi connectivity index (χ4n) is 3.37. The summed E-state index contributed by atoms with van der Waals surface area (Å²) in [6, 6.07) is 15.1. The zero-order chi connectivity index (χ0) is 19.8. The third kappa shape index (κ3) is 5.39. The number of nitrogens with zero attached hydrogens (tertiary/aromatic N) is 1. The van der Waals surface area contributed by atoms with Gasteiger partial charge in [0.05, 0.1) is 19.9 Å². The lowest BCUT2D eigenvalue weighted by atomic mass is 9.96. The average molecular weight is 384 g/mol. The van der Waals surface area contributed by atoms with Gasteiger partial charge in [-0.25, -0.2) is 0 Å². The summed E-state index contributed by atoms with van der Waals surface area (Å²) in [5.74, 6) is 2.44. The maximum atomic E-state index is 12.6. The van der Waals surface area contributed by atoms with Crippen LogP contribution in [0.15, 0.2) is 48.5 Å². The minimum atomic E-state index is 0.0312. The van der Waals surface area contributed by atoms with Gasteiger partial charge in [-0.3, -0.25) is 9.69 Å². The Morgan fingerprint density at radius 3 is 2.36 bits per heavy atom. The van der Waals surface area contributed by atoms with Gasteiger partial charge in [-0.1, -0.05) is 12.1 Å². The second-order valence-electron chi connectivity index (χ2n) is 6.83. The predicted molar refractivity (Wildman–Crippen MR) is 109 cm³/mol. The number of methoxy groups -OCH3 is 2. The number of anilines is 1. The lowest BCUT2D eigenvalue weighted by molar-refractivity contribution is -0.121. The molecule has 150 valence electrons. The molecule has 3 rings (SSSR count). The van der Waals surface area contributed by atoms with E-state index in [0.29, 0.717) is 12.4 Å². The predicted octanol–water partition coefficient (Wildman–Crippen LogP) is 3.43. The van der Waals surface area contributed by atoms with Crippen molar-refractivity contribution in [1.82, 2.24) is 4.90 Å². The Kier molecular flexibility index (Phi) is 7.14. The van der Waals surface area contributed by atoms with E-state index in [4.69, 9.17) is 14.2 Å². The van der Waals surface area contributed by atoms with Gasteiger partial charge in [0, 0.05) is 12.5 Å². The summed E-state index contributed by atoms with van der Waals surface area (Å²) >= 11 is 0. The molecule has 0 atom stereocenters. The second-order valence-corrected chi connectivity index (χ2v) is 6.83. The quantitative estimate of drug-likeness (QED) is 0.756. The van der Waals surface area contributed by atoms with E-state index in [1.54, 1.807) is 14.2 Å². The van der Waals surface area contributed by atoms with Gasteiger partial charge in [0.25, 0.3) is 0 Å². The third-order valence-corrected chi connectivity index (χ3v) is 5.06. The molecular formula is C22H28N2O4. The molecule has 1 N–H and O–H groups in total. The van der Waals surface area contributed by atoms with E-state index in [1.807, 2.05) is 48.5 Å². The van der Waals surface area contributed by atoms with Crippen molar-refractivity contribution in [3.8, 4) is 17.2 Å². The Hall–Kier alpha value is -2.73. The van der Waals surface area contributed by atoms with Gasteiger partial charge in [-0.15, -0.1) is 0 Å². The Balaban J connectivity index is 1.39. The molecule has 1 amide bonds. The molecule has 0 radical (unpaired) electrons. The van der Waals surface area contributed by atoms with Crippen molar-refractivity contribution in [3.05, 3.63) is 48.5 Å². The molecule has 2 aromatic rings. The Morgan fingerprint density at radius 2 is 1.68 bits per heavy atom. The van der Waals surface area contributed by atoms with Crippen LogP contribution in [0.4, 0.5) is 5.69 Å². The number of likely N-dealkylation sites (tertiary alicyclic amines) is 1. The first kappa shape index (κ1) is 20.0. The minimum Gasteiger partial charge on any atom is -0.497 e. The van der Waals surface area contributed by atoms with E-state index in [-0.39, 0.29) is 11.8 Å². The van der Waals surface area contributed by atoms with Crippen LogP contribution in [0.1, 0.15) is 12.8 Å². The number of carbonyl (C=O) groups excluding carboxylic acids is 1.